The summed E-state index contributed by atoms with van der Waals surface area (Å²) in [4.78, 5) is 28.0. The minimum absolute atomic E-state index is 0.0430. The number of rotatable bonds is 4. The lowest BCUT2D eigenvalue weighted by atomic mass is 9.98. The zero-order valence-electron chi connectivity index (χ0n) is 12.2. The number of Topliss-reactive ketones (excluding diaryl/α,β-unsaturated/α-hetero) is 1. The molecular weight excluding hydrogens is 252 g/mol. The molecule has 0 amide bonds. The summed E-state index contributed by atoms with van der Waals surface area (Å²) >= 11 is 0. The number of aromatic amines is 1. The summed E-state index contributed by atoms with van der Waals surface area (Å²) in [6, 6.07) is 7.79. The molecule has 0 saturated carbocycles. The predicted octanol–water partition coefficient (Wildman–Crippen LogP) is 3.07. The summed E-state index contributed by atoms with van der Waals surface area (Å²) in [5.41, 5.74) is 4.39. The Bertz CT molecular complexity index is 652. The van der Waals surface area contributed by atoms with Crippen molar-refractivity contribution in [3.8, 4) is 11.1 Å². The zero-order chi connectivity index (χ0) is 14.9. The van der Waals surface area contributed by atoms with Crippen LogP contribution in [0.25, 0.3) is 11.1 Å². The molecule has 1 aromatic carbocycles. The number of hydrogen-bond acceptors (Lipinski definition) is 3. The van der Waals surface area contributed by atoms with Crippen LogP contribution in [0.3, 0.4) is 0 Å². The van der Waals surface area contributed by atoms with Gasteiger partial charge in [-0.25, -0.2) is 0 Å². The highest BCUT2D eigenvalue weighted by atomic mass is 16.1. The molecule has 104 valence electrons. The largest absolute Gasteiger partial charge is 0.378 e. The van der Waals surface area contributed by atoms with Crippen molar-refractivity contribution in [1.29, 1.82) is 0 Å². The number of carbonyl (C=O) groups excluding carboxylic acids is 2. The van der Waals surface area contributed by atoms with Gasteiger partial charge in [0.05, 0.1) is 5.69 Å². The number of nitrogens with one attached hydrogen (secondary N) is 1. The van der Waals surface area contributed by atoms with Gasteiger partial charge in [-0.15, -0.1) is 0 Å². The number of H-pyrrole nitrogens is 1. The van der Waals surface area contributed by atoms with Gasteiger partial charge in [-0.2, -0.15) is 0 Å². The van der Waals surface area contributed by atoms with Crippen molar-refractivity contribution in [2.75, 3.05) is 19.0 Å². The van der Waals surface area contributed by atoms with Gasteiger partial charge in [-0.3, -0.25) is 9.59 Å². The van der Waals surface area contributed by atoms with Gasteiger partial charge in [0.25, 0.3) is 0 Å². The Morgan fingerprint density at radius 3 is 2.25 bits per heavy atom. The van der Waals surface area contributed by atoms with E-state index in [0.29, 0.717) is 16.8 Å². The molecule has 0 bridgehead atoms. The van der Waals surface area contributed by atoms with Crippen molar-refractivity contribution >= 4 is 17.8 Å². The fourth-order valence-corrected chi connectivity index (χ4v) is 2.40. The second kappa shape index (κ2) is 5.33. The lowest BCUT2D eigenvalue weighted by molar-refractivity contribution is 0.101. The van der Waals surface area contributed by atoms with Crippen molar-refractivity contribution in [2.45, 2.75) is 13.8 Å². The van der Waals surface area contributed by atoms with E-state index >= 15 is 0 Å². The van der Waals surface area contributed by atoms with Gasteiger partial charge in [0.15, 0.2) is 12.1 Å². The molecule has 2 aromatic rings. The maximum absolute atomic E-state index is 11.8. The predicted molar refractivity (Wildman–Crippen MR) is 80.7 cm³/mol. The fraction of sp³-hybridized carbons (Fsp3) is 0.250. The molecule has 2 rings (SSSR count). The summed E-state index contributed by atoms with van der Waals surface area (Å²) in [7, 11) is 3.93. The minimum atomic E-state index is -0.0430. The third-order valence-electron chi connectivity index (χ3n) is 3.36. The number of ketones is 1. The zero-order valence-corrected chi connectivity index (χ0v) is 12.2. The molecule has 0 atom stereocenters. The molecule has 0 unspecified atom stereocenters. The van der Waals surface area contributed by atoms with Crippen LogP contribution in [-0.4, -0.2) is 31.1 Å². The van der Waals surface area contributed by atoms with E-state index in [1.165, 1.54) is 6.92 Å². The second-order valence-corrected chi connectivity index (χ2v) is 5.03. The van der Waals surface area contributed by atoms with Crippen LogP contribution in [0.2, 0.25) is 0 Å². The van der Waals surface area contributed by atoms with Crippen molar-refractivity contribution in [2.24, 2.45) is 0 Å². The van der Waals surface area contributed by atoms with Crippen LogP contribution in [-0.2, 0) is 0 Å². The Kier molecular flexibility index (Phi) is 3.74. The van der Waals surface area contributed by atoms with E-state index in [4.69, 9.17) is 0 Å². The maximum Gasteiger partial charge on any atom is 0.166 e. The summed E-state index contributed by atoms with van der Waals surface area (Å²) in [5, 5.41) is 0. The van der Waals surface area contributed by atoms with E-state index < -0.39 is 0 Å². The Labute approximate surface area is 118 Å². The standard InChI is InChI=1S/C16H18N2O2/c1-10-15(11(2)20)16(14(9-19)17-10)12-5-7-13(8-6-12)18(3)4/h5-9,17H,1-4H3. The molecule has 0 aliphatic carbocycles. The van der Waals surface area contributed by atoms with Gasteiger partial charge in [0.1, 0.15) is 0 Å². The summed E-state index contributed by atoms with van der Waals surface area (Å²) in [6.07, 6.45) is 0.759. The van der Waals surface area contributed by atoms with Crippen LogP contribution in [0.1, 0.15) is 33.5 Å². The number of anilines is 1. The van der Waals surface area contributed by atoms with Crippen molar-refractivity contribution < 1.29 is 9.59 Å². The Balaban J connectivity index is 2.61. The first-order chi connectivity index (χ1) is 9.45. The lowest BCUT2D eigenvalue weighted by Gasteiger charge is -2.13. The van der Waals surface area contributed by atoms with Crippen LogP contribution in [0.15, 0.2) is 24.3 Å². The second-order valence-electron chi connectivity index (χ2n) is 5.03. The van der Waals surface area contributed by atoms with E-state index in [2.05, 4.69) is 4.98 Å². The van der Waals surface area contributed by atoms with Crippen LogP contribution < -0.4 is 4.90 Å². The first-order valence-electron chi connectivity index (χ1n) is 6.42. The van der Waals surface area contributed by atoms with Crippen LogP contribution in [0, 0.1) is 6.92 Å². The van der Waals surface area contributed by atoms with Gasteiger partial charge in [0, 0.05) is 36.6 Å². The Morgan fingerprint density at radius 2 is 1.80 bits per heavy atom. The average molecular weight is 270 g/mol. The fourth-order valence-electron chi connectivity index (χ4n) is 2.40. The highest BCUT2D eigenvalue weighted by Crippen LogP contribution is 2.31. The molecule has 0 spiro atoms. The topological polar surface area (TPSA) is 53.2 Å². The number of aromatic nitrogens is 1. The van der Waals surface area contributed by atoms with Crippen molar-refractivity contribution in [3.05, 3.63) is 41.2 Å². The number of aldehydes is 1. The Morgan fingerprint density at radius 1 is 1.20 bits per heavy atom. The van der Waals surface area contributed by atoms with Crippen LogP contribution in [0.5, 0.6) is 0 Å². The molecule has 0 aliphatic rings. The highest BCUT2D eigenvalue weighted by Gasteiger charge is 2.19. The highest BCUT2D eigenvalue weighted by molar-refractivity contribution is 6.06. The normalized spacial score (nSPS) is 10.4. The summed E-state index contributed by atoms with van der Waals surface area (Å²) in [6.45, 7) is 3.32. The molecular formula is C16H18N2O2. The molecule has 0 saturated heterocycles. The van der Waals surface area contributed by atoms with E-state index in [-0.39, 0.29) is 5.78 Å². The SMILES string of the molecule is CC(=O)c1c(C)[nH]c(C=O)c1-c1ccc(N(C)C)cc1. The van der Waals surface area contributed by atoms with Crippen LogP contribution >= 0.6 is 0 Å². The van der Waals surface area contributed by atoms with Crippen LogP contribution in [0.4, 0.5) is 5.69 Å². The maximum atomic E-state index is 11.8. The average Bonchev–Trinajstić information content (AvgIpc) is 2.75. The smallest absolute Gasteiger partial charge is 0.166 e. The number of hydrogen-bond donors (Lipinski definition) is 1. The van der Waals surface area contributed by atoms with Gasteiger partial charge < -0.3 is 9.88 Å². The minimum Gasteiger partial charge on any atom is -0.378 e. The molecule has 0 radical (unpaired) electrons. The third kappa shape index (κ3) is 2.37. The van der Waals surface area contributed by atoms with Gasteiger partial charge in [-0.05, 0) is 31.5 Å². The first kappa shape index (κ1) is 14.1. The molecule has 0 aliphatic heterocycles. The number of nitrogens with zero attached hydrogens (tertiary/aromatic N) is 1. The number of carbonyl (C=O) groups is 2. The molecule has 4 nitrogen and oxygen atoms in total. The van der Waals surface area contributed by atoms with Gasteiger partial charge in [0.2, 0.25) is 0 Å². The van der Waals surface area contributed by atoms with Gasteiger partial charge >= 0.3 is 0 Å². The third-order valence-corrected chi connectivity index (χ3v) is 3.36. The molecule has 0 fully saturated rings. The summed E-state index contributed by atoms with van der Waals surface area (Å²) < 4.78 is 0. The van der Waals surface area contributed by atoms with Crippen molar-refractivity contribution in [1.82, 2.24) is 4.98 Å². The molecule has 20 heavy (non-hydrogen) atoms. The molecule has 1 heterocycles. The lowest BCUT2D eigenvalue weighted by Crippen LogP contribution is -2.08. The van der Waals surface area contributed by atoms with Crippen molar-refractivity contribution in [3.63, 3.8) is 0 Å². The summed E-state index contributed by atoms with van der Waals surface area (Å²) in [5.74, 6) is -0.0430. The number of aryl methyl sites for hydroxylation is 1. The monoisotopic (exact) mass is 270 g/mol. The molecule has 1 aromatic heterocycles. The van der Waals surface area contributed by atoms with Gasteiger partial charge in [-0.1, -0.05) is 12.1 Å². The molecule has 4 heteroatoms. The Hall–Kier alpha value is -2.36. The van der Waals surface area contributed by atoms with E-state index in [1.54, 1.807) is 6.92 Å². The van der Waals surface area contributed by atoms with E-state index in [9.17, 15) is 9.59 Å². The van der Waals surface area contributed by atoms with E-state index in [0.717, 1.165) is 23.2 Å². The first-order valence-corrected chi connectivity index (χ1v) is 6.42. The molecule has 1 N–H and O–H groups in total. The quantitative estimate of drug-likeness (QED) is 0.686. The van der Waals surface area contributed by atoms with E-state index in [1.807, 2.05) is 43.3 Å². The number of benzene rings is 1.